The van der Waals surface area contributed by atoms with Gasteiger partial charge in [-0.2, -0.15) is 0 Å². The van der Waals surface area contributed by atoms with E-state index >= 15 is 0 Å². The fraction of sp³-hybridized carbons (Fsp3) is 0.350. The molecule has 0 saturated heterocycles. The summed E-state index contributed by atoms with van der Waals surface area (Å²) in [5, 5.41) is 2.83. The molecule has 2 aromatic carbocycles. The number of rotatable bonds is 10. The molecule has 0 atom stereocenters. The highest BCUT2D eigenvalue weighted by atomic mass is 16.5. The van der Waals surface area contributed by atoms with Crippen molar-refractivity contribution in [3.05, 3.63) is 48.0 Å². The molecule has 26 heavy (non-hydrogen) atoms. The van der Waals surface area contributed by atoms with Crippen LogP contribution in [-0.2, 0) is 11.3 Å². The van der Waals surface area contributed by atoms with Crippen molar-refractivity contribution in [2.75, 3.05) is 26.9 Å². The molecule has 1 amide bonds. The SMILES string of the molecule is CCOc1ccc(CNC(=O)COc2cccc(OC)c2)cc1OCC. The van der Waals surface area contributed by atoms with Crippen molar-refractivity contribution in [3.63, 3.8) is 0 Å². The lowest BCUT2D eigenvalue weighted by atomic mass is 10.2. The first-order valence-corrected chi connectivity index (χ1v) is 8.58. The molecule has 0 unspecified atom stereocenters. The van der Waals surface area contributed by atoms with Gasteiger partial charge in [-0.25, -0.2) is 0 Å². The van der Waals surface area contributed by atoms with E-state index in [1.54, 1.807) is 25.3 Å². The summed E-state index contributed by atoms with van der Waals surface area (Å²) in [6.07, 6.45) is 0. The first-order chi connectivity index (χ1) is 12.7. The van der Waals surface area contributed by atoms with Crippen LogP contribution in [0, 0.1) is 0 Å². The van der Waals surface area contributed by atoms with E-state index in [4.69, 9.17) is 18.9 Å². The zero-order chi connectivity index (χ0) is 18.8. The first-order valence-electron chi connectivity index (χ1n) is 8.58. The summed E-state index contributed by atoms with van der Waals surface area (Å²) in [5.41, 5.74) is 0.923. The summed E-state index contributed by atoms with van der Waals surface area (Å²) in [6.45, 7) is 5.27. The van der Waals surface area contributed by atoms with Gasteiger partial charge in [0.1, 0.15) is 11.5 Å². The fourth-order valence-corrected chi connectivity index (χ4v) is 2.30. The lowest BCUT2D eigenvalue weighted by Crippen LogP contribution is -2.28. The third kappa shape index (κ3) is 5.88. The highest BCUT2D eigenvalue weighted by Crippen LogP contribution is 2.28. The van der Waals surface area contributed by atoms with Crippen molar-refractivity contribution in [3.8, 4) is 23.0 Å². The fourth-order valence-electron chi connectivity index (χ4n) is 2.30. The number of carbonyl (C=O) groups excluding carboxylic acids is 1. The molecule has 0 bridgehead atoms. The van der Waals surface area contributed by atoms with Gasteiger partial charge in [0, 0.05) is 12.6 Å². The molecule has 2 rings (SSSR count). The van der Waals surface area contributed by atoms with Gasteiger partial charge in [-0.15, -0.1) is 0 Å². The van der Waals surface area contributed by atoms with Gasteiger partial charge < -0.3 is 24.3 Å². The number of ether oxygens (including phenoxy) is 4. The molecular weight excluding hydrogens is 334 g/mol. The highest BCUT2D eigenvalue weighted by molar-refractivity contribution is 5.77. The van der Waals surface area contributed by atoms with Crippen LogP contribution in [0.1, 0.15) is 19.4 Å². The van der Waals surface area contributed by atoms with Gasteiger partial charge in [0.05, 0.1) is 20.3 Å². The standard InChI is InChI=1S/C20H25NO5/c1-4-24-18-10-9-15(11-19(18)25-5-2)13-21-20(22)14-26-17-8-6-7-16(12-17)23-3/h6-12H,4-5,13-14H2,1-3H3,(H,21,22). The molecule has 0 fully saturated rings. The molecule has 0 aliphatic carbocycles. The molecular formula is C20H25NO5. The second kappa shape index (κ2) is 10.2. The van der Waals surface area contributed by atoms with Crippen molar-refractivity contribution in [2.45, 2.75) is 20.4 Å². The summed E-state index contributed by atoms with van der Waals surface area (Å²) in [5.74, 6) is 2.43. The average Bonchev–Trinajstić information content (AvgIpc) is 2.67. The van der Waals surface area contributed by atoms with Gasteiger partial charge in [-0.05, 0) is 43.7 Å². The van der Waals surface area contributed by atoms with E-state index < -0.39 is 0 Å². The predicted molar refractivity (Wildman–Crippen MR) is 99.1 cm³/mol. The lowest BCUT2D eigenvalue weighted by Gasteiger charge is -2.13. The van der Waals surface area contributed by atoms with E-state index in [0.29, 0.717) is 42.8 Å². The monoisotopic (exact) mass is 359 g/mol. The van der Waals surface area contributed by atoms with Crippen LogP contribution < -0.4 is 24.3 Å². The topological polar surface area (TPSA) is 66.0 Å². The molecule has 0 spiro atoms. The Balaban J connectivity index is 1.87. The van der Waals surface area contributed by atoms with E-state index in [1.807, 2.05) is 38.1 Å². The minimum Gasteiger partial charge on any atom is -0.497 e. The molecule has 0 aromatic heterocycles. The minimum absolute atomic E-state index is 0.0670. The largest absolute Gasteiger partial charge is 0.497 e. The molecule has 1 N–H and O–H groups in total. The van der Waals surface area contributed by atoms with Crippen molar-refractivity contribution < 1.29 is 23.7 Å². The Morgan fingerprint density at radius 1 is 0.923 bits per heavy atom. The maximum absolute atomic E-state index is 12.0. The molecule has 2 aromatic rings. The Morgan fingerprint density at radius 2 is 1.65 bits per heavy atom. The Hall–Kier alpha value is -2.89. The number of nitrogens with one attached hydrogen (secondary N) is 1. The second-order valence-corrected chi connectivity index (χ2v) is 5.39. The van der Waals surface area contributed by atoms with Crippen molar-refractivity contribution in [1.29, 1.82) is 0 Å². The molecule has 6 nitrogen and oxygen atoms in total. The maximum atomic E-state index is 12.0. The predicted octanol–water partition coefficient (Wildman–Crippen LogP) is 3.19. The van der Waals surface area contributed by atoms with Crippen LogP contribution in [0.5, 0.6) is 23.0 Å². The molecule has 0 aliphatic heterocycles. The van der Waals surface area contributed by atoms with Crippen LogP contribution in [-0.4, -0.2) is 32.8 Å². The zero-order valence-corrected chi connectivity index (χ0v) is 15.4. The van der Waals surface area contributed by atoms with Gasteiger partial charge in [0.15, 0.2) is 18.1 Å². The summed E-state index contributed by atoms with van der Waals surface area (Å²) in [7, 11) is 1.58. The second-order valence-electron chi connectivity index (χ2n) is 5.39. The smallest absolute Gasteiger partial charge is 0.258 e. The maximum Gasteiger partial charge on any atom is 0.258 e. The van der Waals surface area contributed by atoms with Gasteiger partial charge in [0.2, 0.25) is 0 Å². The van der Waals surface area contributed by atoms with E-state index in [2.05, 4.69) is 5.32 Å². The van der Waals surface area contributed by atoms with Crippen molar-refractivity contribution in [2.24, 2.45) is 0 Å². The van der Waals surface area contributed by atoms with Crippen LogP contribution in [0.3, 0.4) is 0 Å². The zero-order valence-electron chi connectivity index (χ0n) is 15.4. The lowest BCUT2D eigenvalue weighted by molar-refractivity contribution is -0.123. The van der Waals surface area contributed by atoms with Crippen molar-refractivity contribution in [1.82, 2.24) is 5.32 Å². The Kier molecular flexibility index (Phi) is 7.61. The van der Waals surface area contributed by atoms with Crippen LogP contribution in [0.25, 0.3) is 0 Å². The molecule has 140 valence electrons. The minimum atomic E-state index is -0.209. The molecule has 6 heteroatoms. The number of amides is 1. The summed E-state index contributed by atoms with van der Waals surface area (Å²) >= 11 is 0. The van der Waals surface area contributed by atoms with Gasteiger partial charge >= 0.3 is 0 Å². The van der Waals surface area contributed by atoms with Gasteiger partial charge in [0.25, 0.3) is 5.91 Å². The van der Waals surface area contributed by atoms with Crippen LogP contribution in [0.2, 0.25) is 0 Å². The molecule has 0 radical (unpaired) electrons. The quantitative estimate of drug-likeness (QED) is 0.706. The van der Waals surface area contributed by atoms with Gasteiger partial charge in [-0.3, -0.25) is 4.79 Å². The third-order valence-electron chi connectivity index (χ3n) is 3.51. The molecule has 0 aliphatic rings. The number of benzene rings is 2. The van der Waals surface area contributed by atoms with Crippen LogP contribution in [0.4, 0.5) is 0 Å². The number of hydrogen-bond acceptors (Lipinski definition) is 5. The molecule has 0 saturated carbocycles. The van der Waals surface area contributed by atoms with Gasteiger partial charge in [-0.1, -0.05) is 12.1 Å². The normalized spacial score (nSPS) is 10.1. The van der Waals surface area contributed by atoms with Crippen LogP contribution >= 0.6 is 0 Å². The Morgan fingerprint density at radius 3 is 2.38 bits per heavy atom. The Bertz CT molecular complexity index is 717. The summed E-state index contributed by atoms with van der Waals surface area (Å²) < 4.78 is 21.7. The van der Waals surface area contributed by atoms with E-state index in [1.165, 1.54) is 0 Å². The third-order valence-corrected chi connectivity index (χ3v) is 3.51. The van der Waals surface area contributed by atoms with E-state index in [-0.39, 0.29) is 12.5 Å². The Labute approximate surface area is 154 Å². The van der Waals surface area contributed by atoms with E-state index in [0.717, 1.165) is 5.56 Å². The summed E-state index contributed by atoms with van der Waals surface area (Å²) in [4.78, 5) is 12.0. The molecule has 0 heterocycles. The van der Waals surface area contributed by atoms with Crippen LogP contribution in [0.15, 0.2) is 42.5 Å². The summed E-state index contributed by atoms with van der Waals surface area (Å²) in [6, 6.07) is 12.7. The number of carbonyl (C=O) groups is 1. The van der Waals surface area contributed by atoms with Crippen molar-refractivity contribution >= 4 is 5.91 Å². The van der Waals surface area contributed by atoms with E-state index in [9.17, 15) is 4.79 Å². The number of methoxy groups -OCH3 is 1. The first kappa shape index (κ1) is 19.4. The number of hydrogen-bond donors (Lipinski definition) is 1. The highest BCUT2D eigenvalue weighted by Gasteiger charge is 2.08. The average molecular weight is 359 g/mol.